The summed E-state index contributed by atoms with van der Waals surface area (Å²) in [6, 6.07) is 0. The zero-order valence-corrected chi connectivity index (χ0v) is 2.26. The van der Waals surface area contributed by atoms with Crippen molar-refractivity contribution in [2.75, 3.05) is 0 Å². The van der Waals surface area contributed by atoms with E-state index >= 15 is 0 Å². The van der Waals surface area contributed by atoms with Crippen LogP contribution in [-0.2, 0) is 9.59 Å². The second-order valence-corrected chi connectivity index (χ2v) is 0.407. The lowest BCUT2D eigenvalue weighted by Gasteiger charge is -1.57. The minimum Gasteiger partial charge on any atom is -0.475 e. The number of carboxylic acids is 1. The van der Waals surface area contributed by atoms with E-state index in [4.69, 9.17) is 14.7 Å². The molecule has 0 bridgehead atoms. The fourth-order valence-electron chi connectivity index (χ4n) is 0. The van der Waals surface area contributed by atoms with Gasteiger partial charge in [0.1, 0.15) is 0 Å². The van der Waals surface area contributed by atoms with Crippen molar-refractivity contribution in [3.63, 3.8) is 0 Å². The summed E-state index contributed by atoms with van der Waals surface area (Å²) >= 11 is 0. The maximum Gasteiger partial charge on any atom is 1.00 e. The first-order valence-corrected chi connectivity index (χ1v) is 0.882. The molecule has 5 heavy (non-hydrogen) atoms. The lowest BCUT2D eigenvalue weighted by Crippen LogP contribution is -1.91. The van der Waals surface area contributed by atoms with E-state index in [1.54, 1.807) is 0 Å². The Morgan fingerprint density at radius 3 is 2.20 bits per heavy atom. The lowest BCUT2D eigenvalue weighted by atomic mass is 10.8. The molecule has 1 radical (unpaired) electrons. The normalized spacial score (nSPS) is 6.40. The average molecular weight is 74.0 g/mol. The molecule has 0 unspecified atom stereocenters. The third kappa shape index (κ3) is 3.14. The van der Waals surface area contributed by atoms with E-state index in [1.807, 2.05) is 0 Å². The van der Waals surface area contributed by atoms with E-state index in [2.05, 4.69) is 0 Å². The third-order valence-corrected chi connectivity index (χ3v) is 0.0873. The van der Waals surface area contributed by atoms with Crippen LogP contribution in [0.15, 0.2) is 0 Å². The Bertz CT molecular complexity index is 59.8. The minimum atomic E-state index is -1.55. The summed E-state index contributed by atoms with van der Waals surface area (Å²) in [7, 11) is 0. The molecule has 0 amide bonds. The van der Waals surface area contributed by atoms with Crippen LogP contribution in [0.25, 0.3) is 0 Å². The molecule has 27 valence electrons. The zero-order valence-electron chi connectivity index (χ0n) is 3.26. The molecule has 0 aliphatic heterocycles. The van der Waals surface area contributed by atoms with E-state index in [1.165, 1.54) is 0 Å². The Morgan fingerprint density at radius 1 is 2.00 bits per heavy atom. The predicted molar refractivity (Wildman–Crippen MR) is 14.4 cm³/mol. The van der Waals surface area contributed by atoms with E-state index in [0.717, 1.165) is 0 Å². The number of hydrogen-bond donors (Lipinski definition) is 1. The van der Waals surface area contributed by atoms with Gasteiger partial charge in [-0.05, 0) is 0 Å². The smallest absolute Gasteiger partial charge is 0.475 e. The number of hydrogen-bond acceptors (Lipinski definition) is 2. The topological polar surface area (TPSA) is 54.4 Å². The van der Waals surface area contributed by atoms with Gasteiger partial charge in [0.05, 0.1) is 0 Å². The number of carboxylic acid groups (broad SMARTS) is 1. The molecule has 0 aromatic heterocycles. The largest absolute Gasteiger partial charge is 1.00 e. The van der Waals surface area contributed by atoms with Crippen LogP contribution in [0, 0.1) is 0 Å². The second-order valence-electron chi connectivity index (χ2n) is 0.407. The molecule has 0 fully saturated rings. The van der Waals surface area contributed by atoms with Crippen LogP contribution in [0.4, 0.5) is 0 Å². The monoisotopic (exact) mass is 74.0 g/mol. The quantitative estimate of drug-likeness (QED) is 0.418. The first-order valence-electron chi connectivity index (χ1n) is 0.882. The molecular formula is C2H2O3+. The van der Waals surface area contributed by atoms with Crippen LogP contribution < -0.4 is 0 Å². The van der Waals surface area contributed by atoms with Gasteiger partial charge in [-0.15, -0.1) is 0 Å². The van der Waals surface area contributed by atoms with Crippen LogP contribution in [0.1, 0.15) is 1.43 Å². The maximum atomic E-state index is 8.94. The number of aliphatic carboxylic acids is 1. The molecule has 0 spiro atoms. The van der Waals surface area contributed by atoms with Gasteiger partial charge in [-0.3, -0.25) is 4.79 Å². The van der Waals surface area contributed by atoms with Gasteiger partial charge >= 0.3 is 13.7 Å². The van der Waals surface area contributed by atoms with E-state index < -0.39 is 5.97 Å². The third-order valence-electron chi connectivity index (χ3n) is 0.0873. The number of rotatable bonds is 1. The van der Waals surface area contributed by atoms with Crippen molar-refractivity contribution in [2.45, 2.75) is 0 Å². The summed E-state index contributed by atoms with van der Waals surface area (Å²) in [4.78, 5) is 17.7. The summed E-state index contributed by atoms with van der Waals surface area (Å²) in [5.41, 5.74) is 0. The highest BCUT2D eigenvalue weighted by molar-refractivity contribution is 6.19. The first-order chi connectivity index (χ1) is 2.27. The molecule has 0 heterocycles. The second kappa shape index (κ2) is 1.46. The fourth-order valence-corrected chi connectivity index (χ4v) is 0. The highest BCUT2D eigenvalue weighted by atomic mass is 16.4. The zero-order chi connectivity index (χ0) is 4.28. The number of carbonyl (C=O) groups is 1. The van der Waals surface area contributed by atoms with Crippen molar-refractivity contribution < 1.29 is 16.1 Å². The van der Waals surface area contributed by atoms with Gasteiger partial charge in [-0.1, -0.05) is 0 Å². The van der Waals surface area contributed by atoms with Crippen LogP contribution in [0.5, 0.6) is 0 Å². The molecule has 0 aromatic rings. The molecule has 0 aliphatic carbocycles. The summed E-state index contributed by atoms with van der Waals surface area (Å²) in [6.07, 6.45) is 0.694. The molecule has 0 rings (SSSR count). The van der Waals surface area contributed by atoms with Gasteiger partial charge in [0.2, 0.25) is 0 Å². The van der Waals surface area contributed by atoms with Gasteiger partial charge < -0.3 is 5.11 Å². The Hall–Kier alpha value is -0.860. The summed E-state index contributed by atoms with van der Waals surface area (Å²) in [6.45, 7) is 0. The van der Waals surface area contributed by atoms with E-state index in [9.17, 15) is 0 Å². The molecule has 1 N–H and O–H groups in total. The van der Waals surface area contributed by atoms with Crippen molar-refractivity contribution in [1.82, 2.24) is 0 Å². The van der Waals surface area contributed by atoms with E-state index in [-0.39, 0.29) is 1.43 Å². The molecule has 0 atom stereocenters. The SMILES string of the molecule is O=[C]C(=O)O.[H+]. The first kappa shape index (κ1) is 4.14. The highest BCUT2D eigenvalue weighted by Gasteiger charge is 1.84. The van der Waals surface area contributed by atoms with Gasteiger partial charge in [-0.2, -0.15) is 0 Å². The Morgan fingerprint density at radius 2 is 2.20 bits per heavy atom. The van der Waals surface area contributed by atoms with Gasteiger partial charge in [0.25, 0.3) is 0 Å². The van der Waals surface area contributed by atoms with Crippen molar-refractivity contribution >= 4 is 12.3 Å². The number of carbonyl (C=O) groups excluding carboxylic acids is 1. The van der Waals surface area contributed by atoms with Crippen molar-refractivity contribution in [1.29, 1.82) is 0 Å². The van der Waals surface area contributed by atoms with Crippen molar-refractivity contribution in [3.05, 3.63) is 0 Å². The Balaban J connectivity index is 0. The summed E-state index contributed by atoms with van der Waals surface area (Å²) in [5.74, 6) is -1.55. The average Bonchev–Trinajstić information content (AvgIpc) is 1.38. The molecule has 3 nitrogen and oxygen atoms in total. The summed E-state index contributed by atoms with van der Waals surface area (Å²) < 4.78 is 0. The van der Waals surface area contributed by atoms with Gasteiger partial charge in [0, 0.05) is 0 Å². The Kier molecular flexibility index (Phi) is 1.21. The van der Waals surface area contributed by atoms with Crippen molar-refractivity contribution in [3.8, 4) is 0 Å². The molecule has 0 aliphatic rings. The van der Waals surface area contributed by atoms with Crippen molar-refractivity contribution in [2.24, 2.45) is 0 Å². The minimum absolute atomic E-state index is 0. The lowest BCUT2D eigenvalue weighted by molar-refractivity contribution is -0.129. The summed E-state index contributed by atoms with van der Waals surface area (Å²) in [5, 5.41) is 7.30. The molecule has 0 saturated heterocycles. The van der Waals surface area contributed by atoms with Gasteiger partial charge in [0.15, 0.2) is 0 Å². The molecule has 0 aromatic carbocycles. The standard InChI is InChI=1S/C2HO3/c3-1-2(4)5/h(H,4,5)/p+1. The van der Waals surface area contributed by atoms with Crippen LogP contribution >= 0.6 is 0 Å². The highest BCUT2D eigenvalue weighted by Crippen LogP contribution is 1.39. The fraction of sp³-hybridized carbons (Fsp3) is 0. The predicted octanol–water partition coefficient (Wildman–Crippen LogP) is -0.707. The van der Waals surface area contributed by atoms with Gasteiger partial charge in [-0.25, -0.2) is 4.79 Å². The van der Waals surface area contributed by atoms with Crippen LogP contribution in [0.3, 0.4) is 0 Å². The van der Waals surface area contributed by atoms with Crippen LogP contribution in [-0.4, -0.2) is 17.4 Å². The Labute approximate surface area is 29.7 Å². The molecular weight excluding hydrogens is 72.0 g/mol. The molecule has 0 saturated carbocycles. The van der Waals surface area contributed by atoms with Crippen LogP contribution in [0.2, 0.25) is 0 Å². The maximum absolute atomic E-state index is 8.94. The molecule has 3 heteroatoms. The van der Waals surface area contributed by atoms with E-state index in [0.29, 0.717) is 6.29 Å².